The number of carbonyl (C=O) groups excluding carboxylic acids is 1. The van der Waals surface area contributed by atoms with Gasteiger partial charge < -0.3 is 13.8 Å². The van der Waals surface area contributed by atoms with E-state index in [1.54, 1.807) is 55.5 Å². The number of hydrogen-bond donors (Lipinski definition) is 0. The van der Waals surface area contributed by atoms with Crippen LogP contribution in [0.5, 0.6) is 11.5 Å². The zero-order valence-corrected chi connectivity index (χ0v) is 15.7. The highest BCUT2D eigenvalue weighted by Gasteiger charge is 2.27. The molecule has 0 heterocycles. The Morgan fingerprint density at radius 1 is 0.923 bits per heavy atom. The van der Waals surface area contributed by atoms with Gasteiger partial charge in [-0.15, -0.1) is 0 Å². The molecule has 0 aliphatic rings. The maximum Gasteiger partial charge on any atom is 0.430 e. The zero-order chi connectivity index (χ0) is 18.8. The second-order valence-electron chi connectivity index (χ2n) is 5.77. The van der Waals surface area contributed by atoms with Crippen LogP contribution in [0.15, 0.2) is 72.8 Å². The summed E-state index contributed by atoms with van der Waals surface area (Å²) < 4.78 is 29.6. The van der Waals surface area contributed by atoms with Gasteiger partial charge in [0.05, 0.1) is 12.8 Å². The molecule has 0 bridgehead atoms. The molecule has 2 aromatic carbocycles. The molecule has 0 aliphatic heterocycles. The summed E-state index contributed by atoms with van der Waals surface area (Å²) in [5, 5.41) is 0. The van der Waals surface area contributed by atoms with E-state index in [4.69, 9.17) is 13.8 Å². The minimum Gasteiger partial charge on any atom is -0.462 e. The topological polar surface area (TPSA) is 61.8 Å². The van der Waals surface area contributed by atoms with E-state index in [1.165, 1.54) is 0 Å². The van der Waals surface area contributed by atoms with Crippen LogP contribution < -0.4 is 9.05 Å². The Balaban J connectivity index is 1.95. The fraction of sp³-hybridized carbons (Fsp3) is 0.250. The van der Waals surface area contributed by atoms with Crippen LogP contribution in [0.25, 0.3) is 0 Å². The number of benzene rings is 2. The molecule has 0 saturated heterocycles. The van der Waals surface area contributed by atoms with Gasteiger partial charge in [0.15, 0.2) is 0 Å². The molecular weight excluding hydrogens is 351 g/mol. The van der Waals surface area contributed by atoms with E-state index >= 15 is 0 Å². The molecule has 0 aliphatic carbocycles. The van der Waals surface area contributed by atoms with Gasteiger partial charge >= 0.3 is 13.6 Å². The first kappa shape index (κ1) is 19.8. The Hall–Kier alpha value is -2.52. The lowest BCUT2D eigenvalue weighted by Crippen LogP contribution is -2.09. The summed E-state index contributed by atoms with van der Waals surface area (Å²) in [6, 6.07) is 17.9. The summed E-state index contributed by atoms with van der Waals surface area (Å²) in [5.41, 5.74) is 0.357. The first-order valence-electron chi connectivity index (χ1n) is 8.39. The van der Waals surface area contributed by atoms with E-state index in [0.29, 0.717) is 29.9 Å². The minimum atomic E-state index is -3.40. The summed E-state index contributed by atoms with van der Waals surface area (Å²) >= 11 is 0. The minimum absolute atomic E-state index is 0.210. The van der Waals surface area contributed by atoms with Crippen molar-refractivity contribution in [3.8, 4) is 11.5 Å². The largest absolute Gasteiger partial charge is 0.462 e. The molecule has 0 fully saturated rings. The summed E-state index contributed by atoms with van der Waals surface area (Å²) in [7, 11) is -3.40. The molecule has 2 rings (SSSR count). The van der Waals surface area contributed by atoms with Crippen LogP contribution in [0.4, 0.5) is 0 Å². The summed E-state index contributed by atoms with van der Waals surface area (Å²) in [6.45, 7) is 5.36. The molecule has 26 heavy (non-hydrogen) atoms. The maximum atomic E-state index is 13.2. The van der Waals surface area contributed by atoms with Gasteiger partial charge in [-0.2, -0.15) is 0 Å². The first-order valence-corrected chi connectivity index (χ1v) is 10.1. The predicted molar refractivity (Wildman–Crippen MR) is 102 cm³/mol. The van der Waals surface area contributed by atoms with Crippen LogP contribution in [0, 0.1) is 0 Å². The Morgan fingerprint density at radius 2 is 1.42 bits per heavy atom. The molecule has 6 heteroatoms. The molecule has 0 radical (unpaired) electrons. The average Bonchev–Trinajstić information content (AvgIpc) is 2.62. The molecule has 2 aromatic rings. The summed E-state index contributed by atoms with van der Waals surface area (Å²) in [4.78, 5) is 11.4. The second-order valence-corrected chi connectivity index (χ2v) is 7.80. The SMILES string of the molecule is C=C(C)C(=O)OCCCCP(=O)(Oc1ccccc1)Oc1ccccc1. The van der Waals surface area contributed by atoms with Crippen molar-refractivity contribution in [3.05, 3.63) is 72.8 Å². The number of unbranched alkanes of at least 4 members (excludes halogenated alkanes) is 1. The molecular formula is C20H23O5P. The Morgan fingerprint density at radius 3 is 1.88 bits per heavy atom. The number of carbonyl (C=O) groups is 1. The van der Waals surface area contributed by atoms with Gasteiger partial charge in [0.25, 0.3) is 0 Å². The fourth-order valence-electron chi connectivity index (χ4n) is 2.09. The first-order chi connectivity index (χ1) is 12.5. The molecule has 0 aromatic heterocycles. The van der Waals surface area contributed by atoms with E-state index in [2.05, 4.69) is 6.58 Å². The van der Waals surface area contributed by atoms with Gasteiger partial charge in [-0.3, -0.25) is 0 Å². The third-order valence-corrected chi connectivity index (χ3v) is 5.23. The molecule has 0 atom stereocenters. The Bertz CT molecular complexity index is 713. The fourth-order valence-corrected chi connectivity index (χ4v) is 3.81. The highest BCUT2D eigenvalue weighted by molar-refractivity contribution is 7.54. The highest BCUT2D eigenvalue weighted by Crippen LogP contribution is 2.49. The van der Waals surface area contributed by atoms with Crippen molar-refractivity contribution in [3.63, 3.8) is 0 Å². The van der Waals surface area contributed by atoms with Crippen molar-refractivity contribution in [1.82, 2.24) is 0 Å². The van der Waals surface area contributed by atoms with Crippen LogP contribution in [-0.4, -0.2) is 18.7 Å². The second kappa shape index (κ2) is 9.83. The Labute approximate surface area is 154 Å². The maximum absolute atomic E-state index is 13.2. The van der Waals surface area contributed by atoms with Crippen LogP contribution in [-0.2, 0) is 14.1 Å². The van der Waals surface area contributed by atoms with Gasteiger partial charge in [-0.25, -0.2) is 9.36 Å². The quantitative estimate of drug-likeness (QED) is 0.246. The molecule has 138 valence electrons. The van der Waals surface area contributed by atoms with Crippen molar-refractivity contribution < 1.29 is 23.1 Å². The molecule has 5 nitrogen and oxygen atoms in total. The lowest BCUT2D eigenvalue weighted by Gasteiger charge is -2.20. The van der Waals surface area contributed by atoms with Crippen molar-refractivity contribution in [2.45, 2.75) is 19.8 Å². The number of rotatable bonds is 10. The van der Waals surface area contributed by atoms with E-state index in [-0.39, 0.29) is 12.8 Å². The van der Waals surface area contributed by atoms with Gasteiger partial charge in [0, 0.05) is 5.57 Å². The summed E-state index contributed by atoms with van der Waals surface area (Å²) in [5.74, 6) is 0.551. The van der Waals surface area contributed by atoms with Gasteiger partial charge in [-0.05, 0) is 44.0 Å². The number of para-hydroxylation sites is 2. The lowest BCUT2D eigenvalue weighted by atomic mass is 10.3. The van der Waals surface area contributed by atoms with E-state index < -0.39 is 13.6 Å². The molecule has 0 saturated carbocycles. The number of hydrogen-bond acceptors (Lipinski definition) is 5. The third-order valence-electron chi connectivity index (χ3n) is 3.38. The molecule has 0 amide bonds. The highest BCUT2D eigenvalue weighted by atomic mass is 31.2. The van der Waals surface area contributed by atoms with Gasteiger partial charge in [0.2, 0.25) is 0 Å². The van der Waals surface area contributed by atoms with Crippen LogP contribution >= 0.6 is 7.60 Å². The normalized spacial score (nSPS) is 10.8. The van der Waals surface area contributed by atoms with Crippen molar-refractivity contribution in [2.75, 3.05) is 12.8 Å². The van der Waals surface area contributed by atoms with Gasteiger partial charge in [0.1, 0.15) is 11.5 Å². The van der Waals surface area contributed by atoms with E-state index in [0.717, 1.165) is 0 Å². The molecule has 0 spiro atoms. The van der Waals surface area contributed by atoms with Crippen molar-refractivity contribution >= 4 is 13.6 Å². The van der Waals surface area contributed by atoms with Crippen molar-refractivity contribution in [2.24, 2.45) is 0 Å². The lowest BCUT2D eigenvalue weighted by molar-refractivity contribution is -0.139. The third kappa shape index (κ3) is 6.77. The molecule has 0 unspecified atom stereocenters. The van der Waals surface area contributed by atoms with Crippen LogP contribution in [0.2, 0.25) is 0 Å². The monoisotopic (exact) mass is 374 g/mol. The zero-order valence-electron chi connectivity index (χ0n) is 14.8. The average molecular weight is 374 g/mol. The van der Waals surface area contributed by atoms with E-state index in [1.807, 2.05) is 12.1 Å². The van der Waals surface area contributed by atoms with Crippen molar-refractivity contribution in [1.29, 1.82) is 0 Å². The van der Waals surface area contributed by atoms with E-state index in [9.17, 15) is 9.36 Å². The number of esters is 1. The predicted octanol–water partition coefficient (Wildman–Crippen LogP) is 5.24. The smallest absolute Gasteiger partial charge is 0.430 e. The summed E-state index contributed by atoms with van der Waals surface area (Å²) in [6.07, 6.45) is 1.29. The Kier molecular flexibility index (Phi) is 7.49. The molecule has 0 N–H and O–H groups in total. The van der Waals surface area contributed by atoms with Crippen LogP contribution in [0.3, 0.4) is 0 Å². The number of ether oxygens (including phenoxy) is 1. The van der Waals surface area contributed by atoms with Crippen LogP contribution in [0.1, 0.15) is 19.8 Å². The van der Waals surface area contributed by atoms with Gasteiger partial charge in [-0.1, -0.05) is 43.0 Å². The standard InChI is InChI=1S/C20H23O5P/c1-17(2)20(21)23-15-9-10-16-26(22,24-18-11-5-3-6-12-18)25-19-13-7-4-8-14-19/h3-8,11-14H,1,9-10,15-16H2,2H3.